The summed E-state index contributed by atoms with van der Waals surface area (Å²) in [5.74, 6) is 1.67. The van der Waals surface area contributed by atoms with E-state index in [-0.39, 0.29) is 24.0 Å². The number of benzene rings is 1. The van der Waals surface area contributed by atoms with E-state index in [0.717, 1.165) is 31.5 Å². The van der Waals surface area contributed by atoms with Crippen LogP contribution in [0, 0.1) is 12.8 Å². The Balaban J connectivity index is 0.00000338. The van der Waals surface area contributed by atoms with E-state index in [2.05, 4.69) is 60.8 Å². The van der Waals surface area contributed by atoms with Crippen molar-refractivity contribution in [3.05, 3.63) is 29.3 Å². The molecule has 2 rings (SSSR count). The Labute approximate surface area is 181 Å². The third kappa shape index (κ3) is 7.64. The predicted octanol–water partition coefficient (Wildman–Crippen LogP) is 4.12. The van der Waals surface area contributed by atoms with E-state index in [1.54, 1.807) is 11.8 Å². The maximum atomic E-state index is 4.81. The first kappa shape index (κ1) is 23.6. The molecule has 1 atom stereocenters. The summed E-state index contributed by atoms with van der Waals surface area (Å²) in [7, 11) is 0. The lowest BCUT2D eigenvalue weighted by Crippen LogP contribution is -2.40. The second-order valence-corrected chi connectivity index (χ2v) is 7.69. The van der Waals surface area contributed by atoms with Crippen molar-refractivity contribution in [2.24, 2.45) is 10.9 Å². The summed E-state index contributed by atoms with van der Waals surface area (Å²) in [4.78, 5) is 8.71. The summed E-state index contributed by atoms with van der Waals surface area (Å²) in [6.07, 6.45) is 4.67. The third-order valence-electron chi connectivity index (χ3n) is 4.66. The van der Waals surface area contributed by atoms with Gasteiger partial charge in [-0.05, 0) is 69.1 Å². The van der Waals surface area contributed by atoms with Gasteiger partial charge < -0.3 is 15.5 Å². The number of rotatable bonds is 8. The van der Waals surface area contributed by atoms with Gasteiger partial charge in [0.2, 0.25) is 0 Å². The molecule has 0 radical (unpaired) electrons. The number of nitrogens with one attached hydrogen (secondary N) is 2. The fourth-order valence-electron chi connectivity index (χ4n) is 3.33. The van der Waals surface area contributed by atoms with Crippen LogP contribution in [0.15, 0.2) is 28.1 Å². The van der Waals surface area contributed by atoms with Gasteiger partial charge in [-0.25, -0.2) is 4.99 Å². The highest BCUT2D eigenvalue weighted by Crippen LogP contribution is 2.22. The molecule has 1 aromatic carbocycles. The van der Waals surface area contributed by atoms with Crippen LogP contribution in [-0.2, 0) is 6.54 Å². The number of halogens is 1. The van der Waals surface area contributed by atoms with Crippen LogP contribution in [0.2, 0.25) is 0 Å². The van der Waals surface area contributed by atoms with Crippen molar-refractivity contribution in [2.75, 3.05) is 39.0 Å². The molecule has 0 aliphatic carbocycles. The average molecular weight is 490 g/mol. The Bertz CT molecular complexity index is 565. The molecule has 1 aliphatic heterocycles. The summed E-state index contributed by atoms with van der Waals surface area (Å²) in [5, 5.41) is 6.93. The fraction of sp³-hybridized carbons (Fsp3) is 0.650. The highest BCUT2D eigenvalue weighted by atomic mass is 127. The van der Waals surface area contributed by atoms with Gasteiger partial charge in [-0.15, -0.1) is 35.7 Å². The molecule has 1 aromatic rings. The molecule has 6 heteroatoms. The van der Waals surface area contributed by atoms with Gasteiger partial charge >= 0.3 is 0 Å². The van der Waals surface area contributed by atoms with E-state index < -0.39 is 0 Å². The van der Waals surface area contributed by atoms with Crippen molar-refractivity contribution in [3.8, 4) is 0 Å². The molecule has 1 fully saturated rings. The van der Waals surface area contributed by atoms with Gasteiger partial charge in [0.25, 0.3) is 0 Å². The van der Waals surface area contributed by atoms with Crippen LogP contribution in [0.5, 0.6) is 0 Å². The maximum Gasteiger partial charge on any atom is 0.191 e. The molecule has 1 heterocycles. The van der Waals surface area contributed by atoms with E-state index in [9.17, 15) is 0 Å². The molecule has 0 amide bonds. The number of aryl methyl sites for hydroxylation is 1. The van der Waals surface area contributed by atoms with Crippen molar-refractivity contribution in [1.82, 2.24) is 15.5 Å². The minimum absolute atomic E-state index is 0. The summed E-state index contributed by atoms with van der Waals surface area (Å²) in [6, 6.07) is 6.62. The largest absolute Gasteiger partial charge is 0.357 e. The molecule has 0 bridgehead atoms. The zero-order valence-corrected chi connectivity index (χ0v) is 19.8. The Morgan fingerprint density at radius 3 is 2.81 bits per heavy atom. The zero-order chi connectivity index (χ0) is 18.1. The van der Waals surface area contributed by atoms with Crippen LogP contribution in [0.4, 0.5) is 0 Å². The highest BCUT2D eigenvalue weighted by Gasteiger charge is 2.21. The van der Waals surface area contributed by atoms with Gasteiger partial charge in [-0.3, -0.25) is 0 Å². The first-order valence-corrected chi connectivity index (χ1v) is 10.8. The zero-order valence-electron chi connectivity index (χ0n) is 16.7. The molecule has 4 nitrogen and oxygen atoms in total. The second-order valence-electron chi connectivity index (χ2n) is 6.85. The number of hydrogen-bond donors (Lipinski definition) is 2. The molecular weight excluding hydrogens is 455 g/mol. The van der Waals surface area contributed by atoms with E-state index in [4.69, 9.17) is 4.99 Å². The minimum Gasteiger partial charge on any atom is -0.357 e. The Morgan fingerprint density at radius 1 is 1.31 bits per heavy atom. The smallest absolute Gasteiger partial charge is 0.191 e. The van der Waals surface area contributed by atoms with Crippen LogP contribution in [0.25, 0.3) is 0 Å². The predicted molar refractivity (Wildman–Crippen MR) is 126 cm³/mol. The third-order valence-corrected chi connectivity index (χ3v) is 5.48. The molecule has 1 aliphatic rings. The summed E-state index contributed by atoms with van der Waals surface area (Å²) < 4.78 is 0. The van der Waals surface area contributed by atoms with Crippen molar-refractivity contribution in [3.63, 3.8) is 0 Å². The monoisotopic (exact) mass is 490 g/mol. The topological polar surface area (TPSA) is 39.7 Å². The Kier molecular flexibility index (Phi) is 11.6. The van der Waals surface area contributed by atoms with Crippen molar-refractivity contribution in [1.29, 1.82) is 0 Å². The summed E-state index contributed by atoms with van der Waals surface area (Å²) in [6.45, 7) is 12.8. The number of thioether (sulfide) groups is 1. The molecule has 0 saturated carbocycles. The summed E-state index contributed by atoms with van der Waals surface area (Å²) in [5.41, 5.74) is 2.60. The molecule has 0 spiro atoms. The maximum absolute atomic E-state index is 4.81. The number of likely N-dealkylation sites (tertiary alicyclic amines) is 1. The second kappa shape index (κ2) is 12.8. The van der Waals surface area contributed by atoms with Crippen LogP contribution in [-0.4, -0.2) is 49.8 Å². The molecule has 148 valence electrons. The first-order valence-electron chi connectivity index (χ1n) is 9.54. The molecule has 0 aromatic heterocycles. The van der Waals surface area contributed by atoms with Gasteiger partial charge in [0, 0.05) is 24.5 Å². The van der Waals surface area contributed by atoms with Crippen LogP contribution in [0.1, 0.15) is 37.8 Å². The Hall–Kier alpha value is -0.470. The van der Waals surface area contributed by atoms with E-state index in [0.29, 0.717) is 0 Å². The van der Waals surface area contributed by atoms with Gasteiger partial charge in [0.1, 0.15) is 0 Å². The SMILES string of the molecule is CCCN1CCC(CNC(=NCc2ccc(C)cc2SC)NCC)C1.I. The van der Waals surface area contributed by atoms with Gasteiger partial charge in [0.05, 0.1) is 6.54 Å². The molecule has 1 unspecified atom stereocenters. The number of nitrogens with zero attached hydrogens (tertiary/aromatic N) is 2. The van der Waals surface area contributed by atoms with E-state index >= 15 is 0 Å². The summed E-state index contributed by atoms with van der Waals surface area (Å²) >= 11 is 1.80. The lowest BCUT2D eigenvalue weighted by atomic mass is 10.1. The van der Waals surface area contributed by atoms with E-state index in [1.165, 1.54) is 48.5 Å². The van der Waals surface area contributed by atoms with Gasteiger partial charge in [-0.1, -0.05) is 19.1 Å². The molecule has 2 N–H and O–H groups in total. The average Bonchev–Trinajstić information content (AvgIpc) is 3.06. The highest BCUT2D eigenvalue weighted by molar-refractivity contribution is 14.0. The molecular formula is C20H35IN4S. The minimum atomic E-state index is 0. The Morgan fingerprint density at radius 2 is 2.12 bits per heavy atom. The van der Waals surface area contributed by atoms with Crippen molar-refractivity contribution in [2.45, 2.75) is 45.1 Å². The van der Waals surface area contributed by atoms with Crippen LogP contribution >= 0.6 is 35.7 Å². The lowest BCUT2D eigenvalue weighted by molar-refractivity contribution is 0.324. The fourth-order valence-corrected chi connectivity index (χ4v) is 4.03. The van der Waals surface area contributed by atoms with E-state index in [1.807, 2.05) is 0 Å². The quantitative estimate of drug-likeness (QED) is 0.249. The molecule has 26 heavy (non-hydrogen) atoms. The number of hydrogen-bond acceptors (Lipinski definition) is 3. The standard InChI is InChI=1S/C20H34N4S.HI/c1-5-10-24-11-9-17(15-24)13-22-20(21-6-2)23-14-18-8-7-16(3)12-19(18)25-4;/h7-8,12,17H,5-6,9-11,13-15H2,1-4H3,(H2,21,22,23);1H. The normalized spacial score (nSPS) is 17.8. The lowest BCUT2D eigenvalue weighted by Gasteiger charge is -2.17. The van der Waals surface area contributed by atoms with Crippen molar-refractivity contribution < 1.29 is 0 Å². The first-order chi connectivity index (χ1) is 12.2. The van der Waals surface area contributed by atoms with Crippen LogP contribution in [0.3, 0.4) is 0 Å². The van der Waals surface area contributed by atoms with Crippen LogP contribution < -0.4 is 10.6 Å². The van der Waals surface area contributed by atoms with Crippen molar-refractivity contribution >= 4 is 41.7 Å². The van der Waals surface area contributed by atoms with Gasteiger partial charge in [-0.2, -0.15) is 0 Å². The number of guanidine groups is 1. The molecule has 1 saturated heterocycles. The number of aliphatic imine (C=N–C) groups is 1. The van der Waals surface area contributed by atoms with Gasteiger partial charge in [0.15, 0.2) is 5.96 Å².